The van der Waals surface area contributed by atoms with Crippen molar-refractivity contribution >= 4 is 45.1 Å². The van der Waals surface area contributed by atoms with E-state index >= 15 is 0 Å². The van der Waals surface area contributed by atoms with Gasteiger partial charge in [0.15, 0.2) is 5.58 Å². The smallest absolute Gasteiger partial charge is 0.257 e. The summed E-state index contributed by atoms with van der Waals surface area (Å²) in [6.45, 7) is 0. The van der Waals surface area contributed by atoms with Crippen molar-refractivity contribution in [2.45, 2.75) is 18.1 Å². The lowest BCUT2D eigenvalue weighted by Crippen LogP contribution is -2.14. The number of benzene rings is 2. The molecule has 2 heterocycles. The van der Waals surface area contributed by atoms with Crippen molar-refractivity contribution in [2.75, 3.05) is 11.1 Å². The molecule has 4 aromatic rings. The average molecular weight is 418 g/mol. The number of nitrogens with zero attached hydrogens (tertiary/aromatic N) is 2. The Kier molecular flexibility index (Phi) is 4.58. The molecule has 0 atom stereocenters. The highest BCUT2D eigenvalue weighted by Gasteiger charge is 2.25. The van der Waals surface area contributed by atoms with Crippen LogP contribution in [0.15, 0.2) is 58.2 Å². The zero-order valence-electron chi connectivity index (χ0n) is 15.3. The van der Waals surface area contributed by atoms with Gasteiger partial charge in [-0.05, 0) is 41.7 Å². The maximum absolute atomic E-state index is 12.5. The topological polar surface area (TPSA) is 78.9 Å². The van der Waals surface area contributed by atoms with Gasteiger partial charge in [-0.3, -0.25) is 4.79 Å². The molecule has 0 bridgehead atoms. The SMILES string of the molecule is N#Cc1c(NC(=O)CSc2nc3ccccc3o2)sc2c1CCc1ccccc1-2. The second-order valence-corrected chi connectivity index (χ2v) is 8.61. The van der Waals surface area contributed by atoms with Gasteiger partial charge in [0, 0.05) is 4.88 Å². The molecule has 7 heteroatoms. The molecule has 0 unspecified atom stereocenters. The summed E-state index contributed by atoms with van der Waals surface area (Å²) in [5.41, 5.74) is 5.54. The second kappa shape index (κ2) is 7.39. The van der Waals surface area contributed by atoms with Crippen molar-refractivity contribution in [3.05, 3.63) is 65.2 Å². The van der Waals surface area contributed by atoms with Crippen molar-refractivity contribution in [2.24, 2.45) is 0 Å². The van der Waals surface area contributed by atoms with E-state index in [9.17, 15) is 10.1 Å². The van der Waals surface area contributed by atoms with Crippen LogP contribution in [0.3, 0.4) is 0 Å². The zero-order chi connectivity index (χ0) is 19.8. The Hall–Kier alpha value is -3.08. The van der Waals surface area contributed by atoms with E-state index in [4.69, 9.17) is 4.42 Å². The molecule has 0 saturated carbocycles. The highest BCUT2D eigenvalue weighted by atomic mass is 32.2. The van der Waals surface area contributed by atoms with Gasteiger partial charge in [-0.1, -0.05) is 48.2 Å². The molecule has 2 aromatic heterocycles. The van der Waals surface area contributed by atoms with Crippen LogP contribution in [-0.2, 0) is 17.6 Å². The van der Waals surface area contributed by atoms with Crippen molar-refractivity contribution in [1.82, 2.24) is 4.98 Å². The van der Waals surface area contributed by atoms with Gasteiger partial charge < -0.3 is 9.73 Å². The number of thiophene rings is 1. The lowest BCUT2D eigenvalue weighted by molar-refractivity contribution is -0.113. The van der Waals surface area contributed by atoms with Crippen LogP contribution in [0.1, 0.15) is 16.7 Å². The van der Waals surface area contributed by atoms with E-state index in [0.29, 0.717) is 21.4 Å². The maximum atomic E-state index is 12.5. The first-order valence-corrected chi connectivity index (χ1v) is 11.0. The summed E-state index contributed by atoms with van der Waals surface area (Å²) in [6.07, 6.45) is 1.73. The fourth-order valence-electron chi connectivity index (χ4n) is 3.55. The predicted molar refractivity (Wildman–Crippen MR) is 115 cm³/mol. The Morgan fingerprint density at radius 2 is 2.03 bits per heavy atom. The molecule has 2 aromatic carbocycles. The van der Waals surface area contributed by atoms with Crippen LogP contribution >= 0.6 is 23.1 Å². The number of carbonyl (C=O) groups is 1. The number of aromatic nitrogens is 1. The van der Waals surface area contributed by atoms with Gasteiger partial charge >= 0.3 is 0 Å². The van der Waals surface area contributed by atoms with E-state index < -0.39 is 0 Å². The second-order valence-electron chi connectivity index (χ2n) is 6.67. The Morgan fingerprint density at radius 3 is 2.90 bits per heavy atom. The van der Waals surface area contributed by atoms with Crippen LogP contribution in [0.5, 0.6) is 0 Å². The van der Waals surface area contributed by atoms with Gasteiger partial charge in [0.1, 0.15) is 16.6 Å². The van der Waals surface area contributed by atoms with Crippen LogP contribution in [-0.4, -0.2) is 16.6 Å². The number of hydrogen-bond acceptors (Lipinski definition) is 6. The number of thioether (sulfide) groups is 1. The van der Waals surface area contributed by atoms with E-state index in [1.54, 1.807) is 0 Å². The maximum Gasteiger partial charge on any atom is 0.257 e. The number of aryl methyl sites for hydroxylation is 1. The van der Waals surface area contributed by atoms with E-state index in [1.165, 1.54) is 28.7 Å². The van der Waals surface area contributed by atoms with E-state index in [1.807, 2.05) is 36.4 Å². The number of nitriles is 1. The molecule has 5 rings (SSSR count). The number of hydrogen-bond donors (Lipinski definition) is 1. The minimum atomic E-state index is -0.180. The van der Waals surface area contributed by atoms with Crippen LogP contribution < -0.4 is 5.32 Å². The van der Waals surface area contributed by atoms with E-state index in [0.717, 1.165) is 34.4 Å². The summed E-state index contributed by atoms with van der Waals surface area (Å²) in [7, 11) is 0. The number of nitrogens with one attached hydrogen (secondary N) is 1. The van der Waals surface area contributed by atoms with E-state index in [-0.39, 0.29) is 11.7 Å². The monoisotopic (exact) mass is 417 g/mol. The molecular formula is C22H15N3O2S2. The first-order valence-electron chi connectivity index (χ1n) is 9.15. The highest BCUT2D eigenvalue weighted by molar-refractivity contribution is 7.99. The number of oxazole rings is 1. The molecule has 5 nitrogen and oxygen atoms in total. The standard InChI is InChI=1S/C22H15N3O2S2/c23-11-16-15-10-9-13-5-1-2-6-14(13)20(15)29-21(16)25-19(26)12-28-22-24-17-7-3-4-8-18(17)27-22/h1-8H,9-10,12H2,(H,25,26). The summed E-state index contributed by atoms with van der Waals surface area (Å²) < 4.78 is 5.64. The predicted octanol–water partition coefficient (Wildman–Crippen LogP) is 5.26. The van der Waals surface area contributed by atoms with Gasteiger partial charge in [0.25, 0.3) is 5.22 Å². The van der Waals surface area contributed by atoms with Crippen molar-refractivity contribution in [3.63, 3.8) is 0 Å². The van der Waals surface area contributed by atoms with Crippen molar-refractivity contribution < 1.29 is 9.21 Å². The van der Waals surface area contributed by atoms with Gasteiger partial charge in [0.2, 0.25) is 5.91 Å². The molecule has 1 aliphatic rings. The molecule has 1 amide bonds. The number of anilines is 1. The fraction of sp³-hybridized carbons (Fsp3) is 0.136. The average Bonchev–Trinajstić information content (AvgIpc) is 3.32. The quantitative estimate of drug-likeness (QED) is 0.458. The number of amides is 1. The van der Waals surface area contributed by atoms with Crippen molar-refractivity contribution in [1.29, 1.82) is 5.26 Å². The number of carbonyl (C=O) groups excluding carboxylic acids is 1. The Labute approximate surface area is 175 Å². The van der Waals surface area contributed by atoms with Crippen molar-refractivity contribution in [3.8, 4) is 16.5 Å². The summed E-state index contributed by atoms with van der Waals surface area (Å²) in [4.78, 5) is 18.0. The molecule has 29 heavy (non-hydrogen) atoms. The fourth-order valence-corrected chi connectivity index (χ4v) is 5.46. The molecule has 0 aliphatic heterocycles. The van der Waals surface area contributed by atoms with Gasteiger partial charge in [0.05, 0.1) is 11.3 Å². The Balaban J connectivity index is 1.35. The third-order valence-corrected chi connectivity index (χ3v) is 6.89. The van der Waals surface area contributed by atoms with Gasteiger partial charge in [-0.2, -0.15) is 5.26 Å². The molecule has 1 aliphatic carbocycles. The summed E-state index contributed by atoms with van der Waals surface area (Å²) in [5.74, 6) is -0.0164. The number of fused-ring (bicyclic) bond motifs is 4. The molecule has 0 fully saturated rings. The Morgan fingerprint density at radius 1 is 1.21 bits per heavy atom. The van der Waals surface area contributed by atoms with Gasteiger partial charge in [-0.25, -0.2) is 4.98 Å². The molecule has 0 radical (unpaired) electrons. The minimum Gasteiger partial charge on any atom is -0.431 e. The normalized spacial score (nSPS) is 12.2. The first kappa shape index (κ1) is 18.0. The lowest BCUT2D eigenvalue weighted by atomic mass is 9.90. The minimum absolute atomic E-state index is 0.164. The zero-order valence-corrected chi connectivity index (χ0v) is 16.9. The molecule has 0 saturated heterocycles. The first-order chi connectivity index (χ1) is 14.2. The van der Waals surface area contributed by atoms with Gasteiger partial charge in [-0.15, -0.1) is 11.3 Å². The molecule has 0 spiro atoms. The highest BCUT2D eigenvalue weighted by Crippen LogP contribution is 2.44. The third kappa shape index (κ3) is 3.31. The van der Waals surface area contributed by atoms with Crippen LogP contribution in [0, 0.1) is 11.3 Å². The van der Waals surface area contributed by atoms with Crippen LogP contribution in [0.2, 0.25) is 0 Å². The van der Waals surface area contributed by atoms with Crippen LogP contribution in [0.4, 0.5) is 5.00 Å². The Bertz CT molecular complexity index is 1250. The van der Waals surface area contributed by atoms with E-state index in [2.05, 4.69) is 28.5 Å². The summed E-state index contributed by atoms with van der Waals surface area (Å²) >= 11 is 2.72. The molecular weight excluding hydrogens is 402 g/mol. The lowest BCUT2D eigenvalue weighted by Gasteiger charge is -2.15. The number of para-hydroxylation sites is 2. The number of rotatable bonds is 4. The third-order valence-electron chi connectivity index (χ3n) is 4.88. The van der Waals surface area contributed by atoms with Crippen LogP contribution in [0.25, 0.3) is 21.5 Å². The molecule has 142 valence electrons. The molecule has 1 N–H and O–H groups in total. The largest absolute Gasteiger partial charge is 0.431 e. The summed E-state index contributed by atoms with van der Waals surface area (Å²) in [6, 6.07) is 18.0. The summed E-state index contributed by atoms with van der Waals surface area (Å²) in [5, 5.41) is 13.7.